The summed E-state index contributed by atoms with van der Waals surface area (Å²) in [6.45, 7) is 21.3. The zero-order valence-electron chi connectivity index (χ0n) is 19.8. The molecule has 0 aromatic heterocycles. The molecule has 0 fully saturated rings. The van der Waals surface area contributed by atoms with Gasteiger partial charge in [0.1, 0.15) is 0 Å². The van der Waals surface area contributed by atoms with Crippen LogP contribution >= 0.6 is 0 Å². The van der Waals surface area contributed by atoms with E-state index in [2.05, 4.69) is 41.5 Å². The fourth-order valence-corrected chi connectivity index (χ4v) is 0.943. The van der Waals surface area contributed by atoms with E-state index in [4.69, 9.17) is 0 Å². The molecule has 0 N–H and O–H groups in total. The average molecular weight is 1030 g/mol. The number of rotatable bonds is 2. The summed E-state index contributed by atoms with van der Waals surface area (Å²) in [7, 11) is 0. The summed E-state index contributed by atoms with van der Waals surface area (Å²) in [6, 6.07) is 0. The third kappa shape index (κ3) is 178. The van der Waals surface area contributed by atoms with E-state index in [0.29, 0.717) is 0 Å². The summed E-state index contributed by atoms with van der Waals surface area (Å²) in [6.07, 6.45) is 2.61. The zero-order valence-corrected chi connectivity index (χ0v) is 45.3. The molecule has 0 aliphatic carbocycles. The van der Waals surface area contributed by atoms with Gasteiger partial charge in [0.15, 0.2) is 0 Å². The minimum Gasteiger partial charge on any atom is -0.358 e. The first-order chi connectivity index (χ1) is 6.54. The van der Waals surface area contributed by atoms with Gasteiger partial charge in [-0.05, 0) is 18.3 Å². The fraction of sp³-hybridized carbons (Fsp3) is 0.875. The minimum absolute atomic E-state index is 0. The fourth-order valence-electron chi connectivity index (χ4n) is 0.943. The Bertz CT molecular complexity index is 61.6. The molecule has 0 aromatic carbocycles. The van der Waals surface area contributed by atoms with Crippen LogP contribution in [0, 0.1) is 26.7 Å². The number of hydrogen-bond acceptors (Lipinski definition) is 0. The van der Waals surface area contributed by atoms with Crippen molar-refractivity contribution in [3.05, 3.63) is 14.9 Å². The van der Waals surface area contributed by atoms with Crippen LogP contribution in [0.3, 0.4) is 0 Å². The van der Waals surface area contributed by atoms with Crippen molar-refractivity contribution in [1.82, 2.24) is 0 Å². The van der Waals surface area contributed by atoms with E-state index < -0.39 is 0 Å². The molecular weight excluding hydrogens is 992 g/mol. The third-order valence-electron chi connectivity index (χ3n) is 0.943. The van der Waals surface area contributed by atoms with Gasteiger partial charge in [0, 0.05) is 294 Å². The molecule has 0 bridgehead atoms. The van der Waals surface area contributed by atoms with Crippen LogP contribution in [0.1, 0.15) is 82.1 Å². The average Bonchev–Trinajstić information content (AvgIpc) is 2.10. The molecule has 0 heterocycles. The van der Waals surface area contributed by atoms with Gasteiger partial charge in [0.2, 0.25) is 0 Å². The van der Waals surface area contributed by atoms with Crippen LogP contribution < -0.4 is 0 Å². The topological polar surface area (TPSA) is 0 Å². The van der Waals surface area contributed by atoms with Crippen molar-refractivity contribution in [3.63, 3.8) is 0 Å². The summed E-state index contributed by atoms with van der Waals surface area (Å²) in [5.74, 6) is 1.75. The Morgan fingerprint density at radius 3 is 0.520 bits per heavy atom. The molecule has 0 saturated heterocycles. The molecular formula is C16H42Y9-2. The van der Waals surface area contributed by atoms with E-state index in [0.717, 1.165) is 11.8 Å². The predicted octanol–water partition coefficient (Wildman–Crippen LogP) is 7.04. The van der Waals surface area contributed by atoms with Crippen LogP contribution in [0.25, 0.3) is 0 Å². The molecule has 9 radical (unpaired) electrons. The quantitative estimate of drug-likeness (QED) is 0.261. The molecule has 0 amide bonds. The maximum absolute atomic E-state index is 2.26. The van der Waals surface area contributed by atoms with Gasteiger partial charge in [-0.25, -0.2) is 0 Å². The molecule has 0 aromatic rings. The summed E-state index contributed by atoms with van der Waals surface area (Å²) in [5.41, 5.74) is 0. The molecule has 0 unspecified atom stereocenters. The van der Waals surface area contributed by atoms with E-state index in [1.807, 2.05) is 27.7 Å². The van der Waals surface area contributed by atoms with Crippen molar-refractivity contribution in [1.29, 1.82) is 0 Å². The van der Waals surface area contributed by atoms with E-state index >= 15 is 0 Å². The third-order valence-corrected chi connectivity index (χ3v) is 0.943. The molecule has 0 aliphatic rings. The van der Waals surface area contributed by atoms with Gasteiger partial charge in [-0.15, -0.1) is 0 Å². The van der Waals surface area contributed by atoms with Gasteiger partial charge in [0.05, 0.1) is 0 Å². The Kier molecular flexibility index (Phi) is 463. The van der Waals surface area contributed by atoms with Gasteiger partial charge < -0.3 is 14.9 Å². The molecule has 0 spiro atoms. The summed E-state index contributed by atoms with van der Waals surface area (Å²) < 4.78 is 0. The smallest absolute Gasteiger partial charge is 0 e. The summed E-state index contributed by atoms with van der Waals surface area (Å²) in [5, 5.41) is 0. The summed E-state index contributed by atoms with van der Waals surface area (Å²) >= 11 is 0. The van der Waals surface area contributed by atoms with Gasteiger partial charge in [-0.3, -0.25) is 0 Å². The standard InChI is InChI=1S/C7H16.C3H8.2C2H6.2CH3.9Y/c1-6(2)5-7(3)4;1-3-2;2*1-2;;;;;;;;;;;/h6-7H,5H2,1-4H3;3H2,1-2H3;2*1-2H3;2*1H3;;;;;;;;;/q;;;;2*-1;;;;;;;;;. The summed E-state index contributed by atoms with van der Waals surface area (Å²) in [4.78, 5) is 0. The monoisotopic (exact) mass is 1030 g/mol. The van der Waals surface area contributed by atoms with Crippen molar-refractivity contribution < 1.29 is 294 Å². The van der Waals surface area contributed by atoms with Gasteiger partial charge in [-0.1, -0.05) is 75.7 Å². The second kappa shape index (κ2) is 114. The van der Waals surface area contributed by atoms with Crippen LogP contribution in [0.4, 0.5) is 0 Å². The Morgan fingerprint density at radius 2 is 0.520 bits per heavy atom. The van der Waals surface area contributed by atoms with Crippen molar-refractivity contribution in [3.8, 4) is 0 Å². The molecule has 135 valence electrons. The molecule has 0 aliphatic heterocycles. The predicted molar refractivity (Wildman–Crippen MR) is 85.8 cm³/mol. The van der Waals surface area contributed by atoms with E-state index in [1.54, 1.807) is 0 Å². The largest absolute Gasteiger partial charge is 0.358 e. The van der Waals surface area contributed by atoms with Crippen LogP contribution in [0.5, 0.6) is 0 Å². The Balaban J connectivity index is -0.00000000393. The molecule has 25 heavy (non-hydrogen) atoms. The molecule has 9 heteroatoms. The molecule has 0 rings (SSSR count). The van der Waals surface area contributed by atoms with E-state index in [-0.39, 0.29) is 309 Å². The normalized spacial score (nSPS) is 4.32. The first kappa shape index (κ1) is 101. The SMILES string of the molecule is CC.CC.CC(C)CC(C)C.CCC.[CH3-].[CH3-].[Y].[Y].[Y].[Y].[Y].[Y].[Y].[Y].[Y]. The van der Waals surface area contributed by atoms with E-state index in [9.17, 15) is 0 Å². The van der Waals surface area contributed by atoms with Crippen LogP contribution in [0.2, 0.25) is 0 Å². The van der Waals surface area contributed by atoms with Gasteiger partial charge in [-0.2, -0.15) is 0 Å². The molecule has 0 nitrogen and oxygen atoms in total. The maximum atomic E-state index is 2.26. The Labute approximate surface area is 392 Å². The second-order valence-electron chi connectivity index (χ2n) is 3.73. The number of hydrogen-bond donors (Lipinski definition) is 0. The van der Waals surface area contributed by atoms with Gasteiger partial charge >= 0.3 is 0 Å². The van der Waals surface area contributed by atoms with Crippen molar-refractivity contribution >= 4 is 0 Å². The zero-order chi connectivity index (χ0) is 12.6. The van der Waals surface area contributed by atoms with Crippen molar-refractivity contribution in [2.24, 2.45) is 11.8 Å². The van der Waals surface area contributed by atoms with Crippen LogP contribution in [0.15, 0.2) is 0 Å². The molecule has 0 atom stereocenters. The minimum atomic E-state index is 0. The van der Waals surface area contributed by atoms with Crippen molar-refractivity contribution in [2.45, 2.75) is 82.1 Å². The maximum Gasteiger partial charge on any atom is 0 e. The Hall–Kier alpha value is 9.94. The molecule has 0 saturated carbocycles. The van der Waals surface area contributed by atoms with Crippen LogP contribution in [-0.4, -0.2) is 0 Å². The van der Waals surface area contributed by atoms with Crippen molar-refractivity contribution in [2.75, 3.05) is 0 Å². The Morgan fingerprint density at radius 1 is 0.440 bits per heavy atom. The first-order valence-corrected chi connectivity index (χ1v) is 6.54. The van der Waals surface area contributed by atoms with E-state index in [1.165, 1.54) is 12.8 Å². The van der Waals surface area contributed by atoms with Crippen LogP contribution in [-0.2, 0) is 294 Å². The first-order valence-electron chi connectivity index (χ1n) is 6.54. The second-order valence-corrected chi connectivity index (χ2v) is 3.73. The van der Waals surface area contributed by atoms with Gasteiger partial charge in [0.25, 0.3) is 0 Å².